The monoisotopic (exact) mass is 348 g/mol. The van der Waals surface area contributed by atoms with Crippen LogP contribution in [0.5, 0.6) is 0 Å². The third-order valence-corrected chi connectivity index (χ3v) is 4.28. The summed E-state index contributed by atoms with van der Waals surface area (Å²) in [5, 5.41) is 11.0. The van der Waals surface area contributed by atoms with Crippen LogP contribution in [0, 0.1) is 5.82 Å². The van der Waals surface area contributed by atoms with Crippen molar-refractivity contribution in [2.75, 3.05) is 13.1 Å². The molecule has 0 radical (unpaired) electrons. The van der Waals surface area contributed by atoms with Crippen molar-refractivity contribution in [3.8, 4) is 0 Å². The highest BCUT2D eigenvalue weighted by molar-refractivity contribution is 7.89. The number of carbonyl (C=O) groups excluding carboxylic acids is 2. The Labute approximate surface area is 132 Å². The third-order valence-electron chi connectivity index (χ3n) is 2.79. The van der Waals surface area contributed by atoms with Gasteiger partial charge in [0, 0.05) is 6.54 Å². The van der Waals surface area contributed by atoms with Crippen LogP contribution in [0.4, 0.5) is 4.39 Å². The SMILES string of the molecule is NCC(=O)NCCC(NS(=O)(=O)c1ccc(F)cc1)C(=O)NO. The number of rotatable bonds is 8. The Morgan fingerprint density at radius 3 is 2.39 bits per heavy atom. The molecule has 11 heteroatoms. The summed E-state index contributed by atoms with van der Waals surface area (Å²) >= 11 is 0. The third kappa shape index (κ3) is 5.90. The van der Waals surface area contributed by atoms with Crippen LogP contribution in [-0.2, 0) is 19.6 Å². The summed E-state index contributed by atoms with van der Waals surface area (Å²) in [4.78, 5) is 22.3. The molecule has 0 bridgehead atoms. The molecular formula is C12H17FN4O5S. The van der Waals surface area contributed by atoms with Gasteiger partial charge in [-0.25, -0.2) is 18.3 Å². The number of amides is 2. The molecule has 0 aliphatic heterocycles. The first-order valence-corrected chi connectivity index (χ1v) is 7.97. The molecule has 0 aromatic heterocycles. The van der Waals surface area contributed by atoms with E-state index in [0.29, 0.717) is 0 Å². The van der Waals surface area contributed by atoms with Gasteiger partial charge in [-0.15, -0.1) is 0 Å². The first-order valence-electron chi connectivity index (χ1n) is 6.48. The van der Waals surface area contributed by atoms with Crippen molar-refractivity contribution in [2.45, 2.75) is 17.4 Å². The van der Waals surface area contributed by atoms with Crippen molar-refractivity contribution in [2.24, 2.45) is 5.73 Å². The molecule has 23 heavy (non-hydrogen) atoms. The van der Waals surface area contributed by atoms with Gasteiger partial charge in [0.25, 0.3) is 5.91 Å². The van der Waals surface area contributed by atoms with E-state index in [4.69, 9.17) is 10.9 Å². The zero-order valence-electron chi connectivity index (χ0n) is 12.0. The van der Waals surface area contributed by atoms with Gasteiger partial charge in [-0.2, -0.15) is 4.72 Å². The molecule has 0 saturated heterocycles. The summed E-state index contributed by atoms with van der Waals surface area (Å²) in [7, 11) is -4.11. The fourth-order valence-electron chi connectivity index (χ4n) is 1.62. The second-order valence-electron chi connectivity index (χ2n) is 4.45. The van der Waals surface area contributed by atoms with Gasteiger partial charge in [-0.05, 0) is 30.7 Å². The second-order valence-corrected chi connectivity index (χ2v) is 6.16. The Hall–Kier alpha value is -2.08. The van der Waals surface area contributed by atoms with E-state index in [1.165, 1.54) is 5.48 Å². The van der Waals surface area contributed by atoms with Gasteiger partial charge in [0.2, 0.25) is 15.9 Å². The number of nitrogens with one attached hydrogen (secondary N) is 3. The van der Waals surface area contributed by atoms with E-state index in [1.807, 2.05) is 0 Å². The Balaban J connectivity index is 2.81. The number of halogens is 1. The first kappa shape index (κ1) is 19.0. The summed E-state index contributed by atoms with van der Waals surface area (Å²) in [5.41, 5.74) is 6.43. The number of hydrogen-bond donors (Lipinski definition) is 5. The van der Waals surface area contributed by atoms with E-state index < -0.39 is 33.7 Å². The highest BCUT2D eigenvalue weighted by Gasteiger charge is 2.25. The molecule has 6 N–H and O–H groups in total. The fourth-order valence-corrected chi connectivity index (χ4v) is 2.85. The maximum absolute atomic E-state index is 12.8. The van der Waals surface area contributed by atoms with Crippen LogP contribution in [-0.4, -0.2) is 44.6 Å². The Kier molecular flexibility index (Phi) is 7.03. The fraction of sp³-hybridized carbons (Fsp3) is 0.333. The topological polar surface area (TPSA) is 151 Å². The first-order chi connectivity index (χ1) is 10.8. The predicted octanol–water partition coefficient (Wildman–Crippen LogP) is -1.56. The summed E-state index contributed by atoms with van der Waals surface area (Å²) in [6.07, 6.45) is -0.126. The summed E-state index contributed by atoms with van der Waals surface area (Å²) < 4.78 is 39.1. The van der Waals surface area contributed by atoms with Crippen molar-refractivity contribution in [1.29, 1.82) is 0 Å². The van der Waals surface area contributed by atoms with Crippen LogP contribution in [0.2, 0.25) is 0 Å². The molecule has 1 rings (SSSR count). The second kappa shape index (κ2) is 8.53. The molecule has 0 heterocycles. The largest absolute Gasteiger partial charge is 0.355 e. The van der Waals surface area contributed by atoms with Gasteiger partial charge in [-0.1, -0.05) is 0 Å². The van der Waals surface area contributed by atoms with Crippen molar-refractivity contribution in [1.82, 2.24) is 15.5 Å². The molecule has 0 fully saturated rings. The lowest BCUT2D eigenvalue weighted by Crippen LogP contribution is -2.47. The average molecular weight is 348 g/mol. The van der Waals surface area contributed by atoms with Crippen molar-refractivity contribution in [3.05, 3.63) is 30.1 Å². The molecule has 0 saturated carbocycles. The van der Waals surface area contributed by atoms with Gasteiger partial charge in [0.1, 0.15) is 11.9 Å². The lowest BCUT2D eigenvalue weighted by Gasteiger charge is -2.17. The minimum absolute atomic E-state index is 0.0416. The quantitative estimate of drug-likeness (QED) is 0.283. The molecule has 1 unspecified atom stereocenters. The van der Waals surface area contributed by atoms with E-state index in [2.05, 4.69) is 10.0 Å². The lowest BCUT2D eigenvalue weighted by atomic mass is 10.2. The predicted molar refractivity (Wildman–Crippen MR) is 77.1 cm³/mol. The van der Waals surface area contributed by atoms with Crippen LogP contribution in [0.25, 0.3) is 0 Å². The number of hydrogen-bond acceptors (Lipinski definition) is 6. The molecule has 1 atom stereocenters. The summed E-state index contributed by atoms with van der Waals surface area (Å²) in [5.74, 6) is -2.09. The summed E-state index contributed by atoms with van der Waals surface area (Å²) in [6.45, 7) is -0.293. The number of carbonyl (C=O) groups is 2. The molecular weight excluding hydrogens is 331 g/mol. The Morgan fingerprint density at radius 2 is 1.87 bits per heavy atom. The smallest absolute Gasteiger partial charge is 0.261 e. The zero-order chi connectivity index (χ0) is 17.5. The molecule has 0 aliphatic carbocycles. The van der Waals surface area contributed by atoms with Gasteiger partial charge < -0.3 is 11.1 Å². The molecule has 1 aromatic rings. The van der Waals surface area contributed by atoms with E-state index in [9.17, 15) is 22.4 Å². The van der Waals surface area contributed by atoms with E-state index in [0.717, 1.165) is 24.3 Å². The molecule has 128 valence electrons. The number of hydroxylamine groups is 1. The molecule has 1 aromatic carbocycles. The van der Waals surface area contributed by atoms with Gasteiger partial charge in [0.15, 0.2) is 0 Å². The van der Waals surface area contributed by atoms with Crippen molar-refractivity contribution >= 4 is 21.8 Å². The number of sulfonamides is 1. The van der Waals surface area contributed by atoms with Gasteiger partial charge in [0.05, 0.1) is 11.4 Å². The zero-order valence-corrected chi connectivity index (χ0v) is 12.8. The van der Waals surface area contributed by atoms with E-state index in [1.54, 1.807) is 0 Å². The van der Waals surface area contributed by atoms with E-state index >= 15 is 0 Å². The van der Waals surface area contributed by atoms with Gasteiger partial charge >= 0.3 is 0 Å². The van der Waals surface area contributed by atoms with Crippen LogP contribution >= 0.6 is 0 Å². The standard InChI is InChI=1S/C12H17FN4O5S/c13-8-1-3-9(4-2-8)23(21,22)17-10(12(19)16-20)5-6-15-11(18)7-14/h1-4,10,17,20H,5-7,14H2,(H,15,18)(H,16,19). The molecule has 0 aliphatic rings. The molecule has 2 amide bonds. The van der Waals surface area contributed by atoms with Gasteiger partial charge in [-0.3, -0.25) is 14.8 Å². The molecule has 9 nitrogen and oxygen atoms in total. The minimum atomic E-state index is -4.11. The Bertz CT molecular complexity index is 650. The van der Waals surface area contributed by atoms with Crippen molar-refractivity contribution in [3.63, 3.8) is 0 Å². The van der Waals surface area contributed by atoms with Crippen LogP contribution in [0.15, 0.2) is 29.2 Å². The highest BCUT2D eigenvalue weighted by Crippen LogP contribution is 2.11. The minimum Gasteiger partial charge on any atom is -0.355 e. The maximum atomic E-state index is 12.8. The lowest BCUT2D eigenvalue weighted by molar-refractivity contribution is -0.131. The average Bonchev–Trinajstić information content (AvgIpc) is 2.53. The maximum Gasteiger partial charge on any atom is 0.261 e. The highest BCUT2D eigenvalue weighted by atomic mass is 32.2. The van der Waals surface area contributed by atoms with Crippen molar-refractivity contribution < 1.29 is 27.6 Å². The van der Waals surface area contributed by atoms with Crippen LogP contribution in [0.1, 0.15) is 6.42 Å². The van der Waals surface area contributed by atoms with Crippen LogP contribution < -0.4 is 21.3 Å². The molecule has 0 spiro atoms. The van der Waals surface area contributed by atoms with Crippen LogP contribution in [0.3, 0.4) is 0 Å². The van der Waals surface area contributed by atoms with E-state index in [-0.39, 0.29) is 24.4 Å². The number of nitrogens with two attached hydrogens (primary N) is 1. The summed E-state index contributed by atoms with van der Waals surface area (Å²) in [6, 6.07) is 2.63. The number of benzene rings is 1. The normalized spacial score (nSPS) is 12.5. The Morgan fingerprint density at radius 1 is 1.26 bits per heavy atom.